The lowest BCUT2D eigenvalue weighted by molar-refractivity contribution is -0.111. The van der Waals surface area contributed by atoms with Crippen molar-refractivity contribution in [3.63, 3.8) is 0 Å². The van der Waals surface area contributed by atoms with E-state index in [0.29, 0.717) is 5.92 Å². The zero-order valence-electron chi connectivity index (χ0n) is 9.56. The molecule has 0 heterocycles. The molecule has 74 valence electrons. The minimum Gasteiger partial charge on any atom is -0.290 e. The highest BCUT2D eigenvalue weighted by atomic mass is 16.1. The molecule has 0 aliphatic heterocycles. The van der Waals surface area contributed by atoms with Gasteiger partial charge in [-0.05, 0) is 39.7 Å². The minimum atomic E-state index is 0.162. The highest BCUT2D eigenvalue weighted by Gasteiger charge is 2.12. The Labute approximate surface area is 81.5 Å². The van der Waals surface area contributed by atoms with E-state index in [1.54, 1.807) is 6.08 Å². The normalized spacial score (nSPS) is 9.77. The second-order valence-corrected chi connectivity index (χ2v) is 4.15. The predicted molar refractivity (Wildman–Crippen MR) is 57.7 cm³/mol. The Morgan fingerprint density at radius 1 is 1.08 bits per heavy atom. The van der Waals surface area contributed by atoms with E-state index < -0.39 is 0 Å². The molecule has 1 heteroatoms. The molecule has 1 nitrogen and oxygen atoms in total. The lowest BCUT2D eigenvalue weighted by atomic mass is 9.94. The van der Waals surface area contributed by atoms with Crippen LogP contribution in [0.2, 0.25) is 0 Å². The van der Waals surface area contributed by atoms with Crippen molar-refractivity contribution in [2.24, 2.45) is 5.92 Å². The average Bonchev–Trinajstić information content (AvgIpc) is 1.81. The molecule has 13 heavy (non-hydrogen) atoms. The summed E-state index contributed by atoms with van der Waals surface area (Å²) in [4.78, 5) is 11.7. The van der Waals surface area contributed by atoms with E-state index in [1.165, 1.54) is 0 Å². The van der Waals surface area contributed by atoms with Crippen molar-refractivity contribution < 1.29 is 4.79 Å². The van der Waals surface area contributed by atoms with Crippen molar-refractivity contribution in [3.8, 4) is 0 Å². The van der Waals surface area contributed by atoms with Crippen LogP contribution in [0.25, 0.3) is 0 Å². The number of hydrogen-bond donors (Lipinski definition) is 0. The molecule has 0 atom stereocenters. The summed E-state index contributed by atoms with van der Waals surface area (Å²) >= 11 is 0. The zero-order chi connectivity index (χ0) is 10.6. The molecule has 0 spiro atoms. The highest BCUT2D eigenvalue weighted by molar-refractivity contribution is 6.05. The summed E-state index contributed by atoms with van der Waals surface area (Å²) in [5.74, 6) is 0.475. The molecule has 0 amide bonds. The van der Waals surface area contributed by atoms with Gasteiger partial charge in [0, 0.05) is 5.57 Å². The van der Waals surface area contributed by atoms with Gasteiger partial charge in [-0.3, -0.25) is 4.79 Å². The van der Waals surface area contributed by atoms with E-state index >= 15 is 0 Å². The third-order valence-corrected chi connectivity index (χ3v) is 1.80. The molecule has 0 N–H and O–H groups in total. The first kappa shape index (κ1) is 12.2. The van der Waals surface area contributed by atoms with Crippen molar-refractivity contribution in [1.29, 1.82) is 0 Å². The molecule has 0 saturated carbocycles. The highest BCUT2D eigenvalue weighted by Crippen LogP contribution is 2.16. The topological polar surface area (TPSA) is 17.1 Å². The van der Waals surface area contributed by atoms with Crippen LogP contribution in [0.5, 0.6) is 0 Å². The smallest absolute Gasteiger partial charge is 0.181 e. The Balaban J connectivity index is 4.92. The summed E-state index contributed by atoms with van der Waals surface area (Å²) in [7, 11) is 0. The van der Waals surface area contributed by atoms with Gasteiger partial charge in [-0.15, -0.1) is 0 Å². The van der Waals surface area contributed by atoms with E-state index in [4.69, 9.17) is 0 Å². The third-order valence-electron chi connectivity index (χ3n) is 1.80. The summed E-state index contributed by atoms with van der Waals surface area (Å²) in [6.07, 6.45) is 1.71. The monoisotopic (exact) mass is 180 g/mol. The molecule has 0 aliphatic carbocycles. The second kappa shape index (κ2) is 5.00. The van der Waals surface area contributed by atoms with Gasteiger partial charge in [0.2, 0.25) is 0 Å². The van der Waals surface area contributed by atoms with Crippen LogP contribution in [-0.4, -0.2) is 5.78 Å². The SMILES string of the molecule is CC(C)=CC(=O)C(=C(C)C)C(C)C. The minimum absolute atomic E-state index is 0.162. The Bertz CT molecular complexity index is 246. The van der Waals surface area contributed by atoms with E-state index in [9.17, 15) is 4.79 Å². The fourth-order valence-corrected chi connectivity index (χ4v) is 1.45. The van der Waals surface area contributed by atoms with Crippen LogP contribution in [0, 0.1) is 5.92 Å². The van der Waals surface area contributed by atoms with Gasteiger partial charge in [-0.25, -0.2) is 0 Å². The lowest BCUT2D eigenvalue weighted by Gasteiger charge is -2.10. The first-order valence-corrected chi connectivity index (χ1v) is 4.72. The molecule has 0 bridgehead atoms. The number of hydrogen-bond acceptors (Lipinski definition) is 1. The van der Waals surface area contributed by atoms with Crippen LogP contribution >= 0.6 is 0 Å². The molecular weight excluding hydrogens is 160 g/mol. The van der Waals surface area contributed by atoms with Gasteiger partial charge in [0.05, 0.1) is 0 Å². The standard InChI is InChI=1S/C12H20O/c1-8(2)7-11(13)12(9(3)4)10(5)6/h7,9H,1-6H3. The van der Waals surface area contributed by atoms with Crippen LogP contribution in [0.3, 0.4) is 0 Å². The summed E-state index contributed by atoms with van der Waals surface area (Å²) in [5, 5.41) is 0. The third kappa shape index (κ3) is 4.07. The summed E-state index contributed by atoms with van der Waals surface area (Å²) in [5.41, 5.74) is 3.13. The van der Waals surface area contributed by atoms with Gasteiger partial charge in [0.1, 0.15) is 0 Å². The van der Waals surface area contributed by atoms with Gasteiger partial charge < -0.3 is 0 Å². The molecular formula is C12H20O. The Hall–Kier alpha value is -0.850. The summed E-state index contributed by atoms with van der Waals surface area (Å²) in [6, 6.07) is 0. The molecule has 0 fully saturated rings. The fraction of sp³-hybridized carbons (Fsp3) is 0.583. The average molecular weight is 180 g/mol. The lowest BCUT2D eigenvalue weighted by Crippen LogP contribution is -2.07. The molecule has 0 aromatic heterocycles. The molecule has 0 aliphatic rings. The summed E-state index contributed by atoms with van der Waals surface area (Å²) in [6.45, 7) is 12.0. The molecule has 0 saturated heterocycles. The molecule has 0 rings (SSSR count). The largest absolute Gasteiger partial charge is 0.290 e. The van der Waals surface area contributed by atoms with E-state index in [2.05, 4.69) is 13.8 Å². The Morgan fingerprint density at radius 3 is 1.77 bits per heavy atom. The van der Waals surface area contributed by atoms with Crippen molar-refractivity contribution in [2.75, 3.05) is 0 Å². The van der Waals surface area contributed by atoms with Crippen molar-refractivity contribution in [3.05, 3.63) is 22.8 Å². The number of carbonyl (C=O) groups excluding carboxylic acids is 1. The molecule has 0 radical (unpaired) electrons. The van der Waals surface area contributed by atoms with Crippen molar-refractivity contribution >= 4 is 5.78 Å². The van der Waals surface area contributed by atoms with Crippen LogP contribution in [0.15, 0.2) is 22.8 Å². The van der Waals surface area contributed by atoms with Gasteiger partial charge >= 0.3 is 0 Å². The maximum Gasteiger partial charge on any atom is 0.181 e. The molecule has 0 aromatic rings. The fourth-order valence-electron chi connectivity index (χ4n) is 1.45. The van der Waals surface area contributed by atoms with Crippen LogP contribution < -0.4 is 0 Å². The molecule has 0 aromatic carbocycles. The predicted octanol–water partition coefficient (Wildman–Crippen LogP) is 3.51. The first-order chi connectivity index (χ1) is 5.86. The maximum absolute atomic E-state index is 11.7. The van der Waals surface area contributed by atoms with Gasteiger partial charge in [-0.2, -0.15) is 0 Å². The van der Waals surface area contributed by atoms with E-state index in [0.717, 1.165) is 16.7 Å². The first-order valence-electron chi connectivity index (χ1n) is 4.72. The number of ketones is 1. The number of rotatable bonds is 3. The van der Waals surface area contributed by atoms with E-state index in [1.807, 2.05) is 27.7 Å². The van der Waals surface area contributed by atoms with Crippen LogP contribution in [0.1, 0.15) is 41.5 Å². The zero-order valence-corrected chi connectivity index (χ0v) is 9.56. The maximum atomic E-state index is 11.7. The Morgan fingerprint density at radius 2 is 1.54 bits per heavy atom. The summed E-state index contributed by atoms with van der Waals surface area (Å²) < 4.78 is 0. The quantitative estimate of drug-likeness (QED) is 0.607. The van der Waals surface area contributed by atoms with Gasteiger partial charge in [0.15, 0.2) is 5.78 Å². The van der Waals surface area contributed by atoms with Gasteiger partial charge in [-0.1, -0.05) is 25.0 Å². The van der Waals surface area contributed by atoms with Crippen LogP contribution in [-0.2, 0) is 4.79 Å². The second-order valence-electron chi connectivity index (χ2n) is 4.15. The number of carbonyl (C=O) groups is 1. The van der Waals surface area contributed by atoms with E-state index in [-0.39, 0.29) is 5.78 Å². The van der Waals surface area contributed by atoms with Crippen LogP contribution in [0.4, 0.5) is 0 Å². The van der Waals surface area contributed by atoms with Crippen molar-refractivity contribution in [1.82, 2.24) is 0 Å². The Kier molecular flexibility index (Phi) is 4.68. The molecule has 0 unspecified atom stereocenters. The van der Waals surface area contributed by atoms with Gasteiger partial charge in [0.25, 0.3) is 0 Å². The van der Waals surface area contributed by atoms with Crippen molar-refractivity contribution in [2.45, 2.75) is 41.5 Å². The number of allylic oxidation sites excluding steroid dienone is 4.